The predicted molar refractivity (Wildman–Crippen MR) is 131 cm³/mol. The van der Waals surface area contributed by atoms with Crippen molar-refractivity contribution < 1.29 is 28.5 Å². The first-order chi connectivity index (χ1) is 15.9. The predicted octanol–water partition coefficient (Wildman–Crippen LogP) is 4.69. The average molecular weight is 535 g/mol. The van der Waals surface area contributed by atoms with Gasteiger partial charge in [-0.25, -0.2) is 9.79 Å². The molecule has 1 saturated heterocycles. The van der Waals surface area contributed by atoms with Gasteiger partial charge >= 0.3 is 5.97 Å². The second-order valence-corrected chi connectivity index (χ2v) is 8.41. The summed E-state index contributed by atoms with van der Waals surface area (Å²) in [6, 6.07) is 10.7. The van der Waals surface area contributed by atoms with Crippen LogP contribution in [0.15, 0.2) is 50.8 Å². The molecule has 1 aliphatic rings. The van der Waals surface area contributed by atoms with E-state index in [2.05, 4.69) is 26.2 Å². The Bertz CT molecular complexity index is 1090. The van der Waals surface area contributed by atoms with Gasteiger partial charge in [0.15, 0.2) is 23.3 Å². The Labute approximate surface area is 204 Å². The van der Waals surface area contributed by atoms with Gasteiger partial charge in [-0.15, -0.1) is 0 Å². The quantitative estimate of drug-likeness (QED) is 0.368. The second-order valence-electron chi connectivity index (χ2n) is 6.53. The van der Waals surface area contributed by atoms with Gasteiger partial charge in [0.2, 0.25) is 0 Å². The van der Waals surface area contributed by atoms with Crippen molar-refractivity contribution in [2.75, 3.05) is 26.9 Å². The minimum atomic E-state index is -0.472. The number of esters is 1. The molecule has 1 aliphatic heterocycles. The minimum absolute atomic E-state index is 0.235. The molecular formula is C23H23BrN2O6S. The van der Waals surface area contributed by atoms with Crippen molar-refractivity contribution in [2.45, 2.75) is 13.8 Å². The number of aliphatic imine (C=N–C) groups is 1. The molecule has 10 heteroatoms. The fourth-order valence-electron chi connectivity index (χ4n) is 2.80. The maximum absolute atomic E-state index is 12.5. The summed E-state index contributed by atoms with van der Waals surface area (Å²) in [7, 11) is 1.50. The molecule has 1 fully saturated rings. The number of thioether (sulfide) groups is 1. The van der Waals surface area contributed by atoms with Crippen molar-refractivity contribution in [1.82, 2.24) is 5.32 Å². The van der Waals surface area contributed by atoms with Crippen LogP contribution >= 0.6 is 27.7 Å². The van der Waals surface area contributed by atoms with Gasteiger partial charge in [0.1, 0.15) is 5.75 Å². The van der Waals surface area contributed by atoms with Crippen LogP contribution in [0.1, 0.15) is 19.4 Å². The van der Waals surface area contributed by atoms with Crippen LogP contribution in [0.2, 0.25) is 0 Å². The van der Waals surface area contributed by atoms with E-state index in [1.165, 1.54) is 18.9 Å². The summed E-state index contributed by atoms with van der Waals surface area (Å²) in [6.45, 7) is 4.28. The Morgan fingerprint density at radius 1 is 1.12 bits per heavy atom. The molecule has 1 N–H and O–H groups in total. The molecule has 1 amide bonds. The lowest BCUT2D eigenvalue weighted by Crippen LogP contribution is -2.19. The van der Waals surface area contributed by atoms with Gasteiger partial charge in [-0.05, 0) is 73.6 Å². The van der Waals surface area contributed by atoms with Crippen LogP contribution < -0.4 is 19.5 Å². The number of hydrogen-bond donors (Lipinski definition) is 1. The van der Waals surface area contributed by atoms with E-state index in [-0.39, 0.29) is 19.1 Å². The van der Waals surface area contributed by atoms with E-state index < -0.39 is 5.97 Å². The van der Waals surface area contributed by atoms with Crippen LogP contribution in [0, 0.1) is 0 Å². The fourth-order valence-corrected chi connectivity index (χ4v) is 4.07. The molecule has 3 rings (SSSR count). The van der Waals surface area contributed by atoms with E-state index in [0.717, 1.165) is 5.75 Å². The molecule has 0 aromatic heterocycles. The number of carbonyl (C=O) groups is 2. The second kappa shape index (κ2) is 11.8. The first-order valence-corrected chi connectivity index (χ1v) is 11.7. The lowest BCUT2D eigenvalue weighted by Gasteiger charge is -2.12. The number of hydrogen-bond acceptors (Lipinski definition) is 8. The lowest BCUT2D eigenvalue weighted by molar-refractivity contribution is -0.145. The van der Waals surface area contributed by atoms with Crippen LogP contribution in [0.25, 0.3) is 6.08 Å². The Morgan fingerprint density at radius 2 is 1.88 bits per heavy atom. The summed E-state index contributed by atoms with van der Waals surface area (Å²) >= 11 is 4.72. The van der Waals surface area contributed by atoms with E-state index in [4.69, 9.17) is 18.9 Å². The van der Waals surface area contributed by atoms with Crippen molar-refractivity contribution in [2.24, 2.45) is 4.99 Å². The number of halogens is 1. The molecule has 0 aliphatic carbocycles. The highest BCUT2D eigenvalue weighted by molar-refractivity contribution is 9.10. The van der Waals surface area contributed by atoms with Crippen molar-refractivity contribution in [3.63, 3.8) is 0 Å². The minimum Gasteiger partial charge on any atom is -0.494 e. The maximum atomic E-state index is 12.5. The lowest BCUT2D eigenvalue weighted by atomic mass is 10.2. The SMILES string of the molecule is CCOC(=O)COc1cc(Br)c(/C=C2/SC(=Nc3ccc(OCC)cc3)NC2=O)cc1OC. The zero-order valence-electron chi connectivity index (χ0n) is 18.3. The summed E-state index contributed by atoms with van der Waals surface area (Å²) in [5.41, 5.74) is 1.41. The molecule has 33 heavy (non-hydrogen) atoms. The standard InChI is InChI=1S/C23H23BrN2O6S/c1-4-30-16-8-6-15(7-9-16)25-23-26-22(28)20(33-23)11-14-10-18(29-3)19(12-17(14)24)32-13-21(27)31-5-2/h6-12H,4-5,13H2,1-3H3,(H,25,26,28)/b20-11+. The molecule has 2 aromatic carbocycles. The van der Waals surface area contributed by atoms with Crippen LogP contribution in [0.5, 0.6) is 17.2 Å². The van der Waals surface area contributed by atoms with Crippen LogP contribution in [-0.4, -0.2) is 44.0 Å². The van der Waals surface area contributed by atoms with Gasteiger partial charge in [0, 0.05) is 4.47 Å². The molecule has 8 nitrogen and oxygen atoms in total. The summed E-state index contributed by atoms with van der Waals surface area (Å²) in [4.78, 5) is 29.0. The van der Waals surface area contributed by atoms with E-state index in [0.29, 0.717) is 43.9 Å². The number of benzene rings is 2. The molecule has 0 spiro atoms. The van der Waals surface area contributed by atoms with E-state index >= 15 is 0 Å². The van der Waals surface area contributed by atoms with Crippen molar-refractivity contribution in [3.05, 3.63) is 51.3 Å². The first-order valence-electron chi connectivity index (χ1n) is 10.1. The fraction of sp³-hybridized carbons (Fsp3) is 0.261. The van der Waals surface area contributed by atoms with E-state index in [1.807, 2.05) is 31.2 Å². The summed E-state index contributed by atoms with van der Waals surface area (Å²) in [6.07, 6.45) is 1.72. The van der Waals surface area contributed by atoms with Crippen molar-refractivity contribution >= 4 is 56.5 Å². The highest BCUT2D eigenvalue weighted by Crippen LogP contribution is 2.36. The largest absolute Gasteiger partial charge is 0.494 e. The van der Waals surface area contributed by atoms with Gasteiger partial charge in [-0.3, -0.25) is 4.79 Å². The monoisotopic (exact) mass is 534 g/mol. The van der Waals surface area contributed by atoms with Crippen molar-refractivity contribution in [1.29, 1.82) is 0 Å². The number of nitrogens with zero attached hydrogens (tertiary/aromatic N) is 1. The third-order valence-electron chi connectivity index (χ3n) is 4.25. The zero-order chi connectivity index (χ0) is 23.8. The maximum Gasteiger partial charge on any atom is 0.344 e. The van der Waals surface area contributed by atoms with Gasteiger partial charge in [0.05, 0.1) is 30.9 Å². The topological polar surface area (TPSA) is 95.5 Å². The van der Waals surface area contributed by atoms with Crippen LogP contribution in [0.3, 0.4) is 0 Å². The molecule has 0 atom stereocenters. The average Bonchev–Trinajstić information content (AvgIpc) is 3.14. The van der Waals surface area contributed by atoms with E-state index in [1.54, 1.807) is 25.1 Å². The Hall–Kier alpha value is -2.98. The molecule has 2 aromatic rings. The van der Waals surface area contributed by atoms with Crippen molar-refractivity contribution in [3.8, 4) is 17.2 Å². The molecule has 0 saturated carbocycles. The number of rotatable bonds is 9. The number of amidine groups is 1. The molecular weight excluding hydrogens is 512 g/mol. The summed E-state index contributed by atoms with van der Waals surface area (Å²) in [5, 5.41) is 3.25. The molecule has 0 radical (unpaired) electrons. The van der Waals surface area contributed by atoms with Crippen LogP contribution in [-0.2, 0) is 14.3 Å². The third-order valence-corrected chi connectivity index (χ3v) is 5.85. The van der Waals surface area contributed by atoms with E-state index in [9.17, 15) is 9.59 Å². The first kappa shape index (κ1) is 24.7. The van der Waals surface area contributed by atoms with Gasteiger partial charge in [-0.2, -0.15) is 0 Å². The number of ether oxygens (including phenoxy) is 4. The van der Waals surface area contributed by atoms with Gasteiger partial charge in [0.25, 0.3) is 5.91 Å². The number of carbonyl (C=O) groups excluding carboxylic acids is 2. The molecule has 0 bridgehead atoms. The summed E-state index contributed by atoms with van der Waals surface area (Å²) < 4.78 is 21.9. The Morgan fingerprint density at radius 3 is 2.55 bits per heavy atom. The molecule has 1 heterocycles. The third kappa shape index (κ3) is 6.75. The molecule has 174 valence electrons. The number of methoxy groups -OCH3 is 1. The zero-order valence-corrected chi connectivity index (χ0v) is 20.7. The number of amides is 1. The molecule has 0 unspecified atom stereocenters. The Balaban J connectivity index is 1.76. The van der Waals surface area contributed by atoms with Gasteiger partial charge in [-0.1, -0.05) is 15.9 Å². The smallest absolute Gasteiger partial charge is 0.344 e. The van der Waals surface area contributed by atoms with Crippen LogP contribution in [0.4, 0.5) is 5.69 Å². The highest BCUT2D eigenvalue weighted by Gasteiger charge is 2.24. The number of nitrogens with one attached hydrogen (secondary N) is 1. The normalized spacial score (nSPS) is 15.5. The van der Waals surface area contributed by atoms with Gasteiger partial charge < -0.3 is 24.3 Å². The Kier molecular flexibility index (Phi) is 8.79. The highest BCUT2D eigenvalue weighted by atomic mass is 79.9. The summed E-state index contributed by atoms with van der Waals surface area (Å²) in [5.74, 6) is 0.832.